The van der Waals surface area contributed by atoms with Crippen LogP contribution in [0.3, 0.4) is 0 Å². The van der Waals surface area contributed by atoms with Gasteiger partial charge in [-0.3, -0.25) is 6.08 Å². The maximum atomic E-state index is 3.52. The third-order valence-corrected chi connectivity index (χ3v) is 6.06. The number of halogens is 2. The van der Waals surface area contributed by atoms with Crippen LogP contribution in [0.4, 0.5) is 0 Å². The van der Waals surface area contributed by atoms with Gasteiger partial charge in [0.05, 0.1) is 0 Å². The molecule has 0 aromatic heterocycles. The molecular weight excluding hydrogens is 403 g/mol. The molecule has 0 nitrogen and oxygen atoms in total. The zero-order valence-corrected chi connectivity index (χ0v) is 20.5. The number of hydrogen-bond donors (Lipinski definition) is 0. The molecule has 1 radical (unpaired) electrons. The number of thioether (sulfide) groups is 1. The Labute approximate surface area is 187 Å². The summed E-state index contributed by atoms with van der Waals surface area (Å²) in [4.78, 5) is 0. The number of allylic oxidation sites excluding steroid dienone is 7. The van der Waals surface area contributed by atoms with E-state index in [4.69, 9.17) is 0 Å². The molecule has 0 aromatic rings. The third kappa shape index (κ3) is 6.61. The van der Waals surface area contributed by atoms with Crippen LogP contribution in [0.15, 0.2) is 41.0 Å². The van der Waals surface area contributed by atoms with E-state index in [0.717, 1.165) is 19.3 Å². The van der Waals surface area contributed by atoms with Crippen molar-refractivity contribution in [3.05, 3.63) is 47.1 Å². The zero-order chi connectivity index (χ0) is 16.6. The van der Waals surface area contributed by atoms with E-state index in [-0.39, 0.29) is 62.1 Å². The number of hydrogen-bond acceptors (Lipinski definition) is 1. The molecule has 2 rings (SSSR count). The van der Waals surface area contributed by atoms with E-state index >= 15 is 0 Å². The molecule has 0 aliphatic heterocycles. The average Bonchev–Trinajstić information content (AvgIpc) is 2.89. The topological polar surface area (TPSA) is 0 Å². The van der Waals surface area contributed by atoms with Gasteiger partial charge in [0.25, 0.3) is 0 Å². The fourth-order valence-electron chi connectivity index (χ4n) is 3.47. The van der Waals surface area contributed by atoms with E-state index in [1.54, 1.807) is 5.57 Å². The van der Waals surface area contributed by atoms with Crippen molar-refractivity contribution in [3.63, 3.8) is 0 Å². The molecule has 0 aromatic carbocycles. The summed E-state index contributed by atoms with van der Waals surface area (Å²) in [7, 11) is 0. The molecule has 0 bridgehead atoms. The second-order valence-electron chi connectivity index (χ2n) is 8.61. The van der Waals surface area contributed by atoms with Crippen molar-refractivity contribution in [2.75, 3.05) is 6.26 Å². The second kappa shape index (κ2) is 10.2. The molecule has 4 heteroatoms. The van der Waals surface area contributed by atoms with Crippen LogP contribution in [0, 0.1) is 16.9 Å². The molecule has 25 heavy (non-hydrogen) atoms. The first-order valence-corrected chi connectivity index (χ1v) is 9.56. The van der Waals surface area contributed by atoms with Crippen molar-refractivity contribution in [3.8, 4) is 0 Å². The van der Waals surface area contributed by atoms with Gasteiger partial charge in [-0.25, -0.2) is 11.6 Å². The van der Waals surface area contributed by atoms with E-state index in [1.165, 1.54) is 11.1 Å². The van der Waals surface area contributed by atoms with Gasteiger partial charge in [-0.15, -0.1) is 6.42 Å². The van der Waals surface area contributed by atoms with Crippen LogP contribution >= 0.6 is 11.8 Å². The first-order chi connectivity index (χ1) is 10.1. The molecule has 139 valence electrons. The van der Waals surface area contributed by atoms with E-state index in [9.17, 15) is 0 Å². The predicted molar refractivity (Wildman–Crippen MR) is 101 cm³/mol. The summed E-state index contributed by atoms with van der Waals surface area (Å²) in [5.74, 6) is 0. The Balaban J connectivity index is 0. The summed E-state index contributed by atoms with van der Waals surface area (Å²) in [5.41, 5.74) is 4.88. The summed E-state index contributed by atoms with van der Waals surface area (Å²) >= 11 is 2.02. The third-order valence-electron chi connectivity index (χ3n) is 4.75. The van der Waals surface area contributed by atoms with Crippen molar-refractivity contribution >= 4 is 11.8 Å². The van der Waals surface area contributed by atoms with Crippen molar-refractivity contribution in [2.24, 2.45) is 10.8 Å². The summed E-state index contributed by atoms with van der Waals surface area (Å²) in [6, 6.07) is 0. The molecule has 1 unspecified atom stereocenters. The fourth-order valence-corrected chi connectivity index (χ4v) is 4.60. The standard InChI is InChI=1S/C21H31S.2ClH.Ti/c1-19(2,3)17-12-13-21(22-7,15-16-10-8-9-11-16)18(14-17)20(4,5)6;;;/h8,10,12,14H,9,13,15H2,1-7H3;2*1H;/q-1;;;+3/p-2. The van der Waals surface area contributed by atoms with Crippen LogP contribution < -0.4 is 24.8 Å². The minimum Gasteiger partial charge on any atom is -1.00 e. The van der Waals surface area contributed by atoms with Gasteiger partial charge in [-0.05, 0) is 41.1 Å². The normalized spacial score (nSPS) is 22.8. The largest absolute Gasteiger partial charge is 3.00 e. The van der Waals surface area contributed by atoms with E-state index in [1.807, 2.05) is 11.8 Å². The van der Waals surface area contributed by atoms with Gasteiger partial charge >= 0.3 is 21.7 Å². The van der Waals surface area contributed by atoms with Gasteiger partial charge in [0, 0.05) is 4.75 Å². The summed E-state index contributed by atoms with van der Waals surface area (Å²) in [5, 5.41) is 0. The molecule has 0 fully saturated rings. The van der Waals surface area contributed by atoms with E-state index in [0.29, 0.717) is 0 Å². The Morgan fingerprint density at radius 2 is 1.68 bits per heavy atom. The Hall–Kier alpha value is 0.604. The quantitative estimate of drug-likeness (QED) is 0.461. The first-order valence-electron chi connectivity index (χ1n) is 8.33. The first kappa shape index (κ1) is 27.8. The maximum absolute atomic E-state index is 3.52. The second-order valence-corrected chi connectivity index (χ2v) is 9.80. The molecule has 0 saturated heterocycles. The van der Waals surface area contributed by atoms with Gasteiger partial charge in [0.1, 0.15) is 0 Å². The fraction of sp³-hybridized carbons (Fsp3) is 0.619. The maximum Gasteiger partial charge on any atom is 3.00 e. The summed E-state index contributed by atoms with van der Waals surface area (Å²) < 4.78 is 0.185. The Morgan fingerprint density at radius 1 is 1.08 bits per heavy atom. The van der Waals surface area contributed by atoms with E-state index < -0.39 is 0 Å². The van der Waals surface area contributed by atoms with E-state index in [2.05, 4.69) is 78.2 Å². The molecule has 0 heterocycles. The van der Waals surface area contributed by atoms with Gasteiger partial charge in [0.15, 0.2) is 0 Å². The average molecular weight is 434 g/mol. The minimum atomic E-state index is 0. The van der Waals surface area contributed by atoms with Crippen LogP contribution in [0.1, 0.15) is 60.8 Å². The summed E-state index contributed by atoms with van der Waals surface area (Å²) in [6.07, 6.45) is 18.5. The molecule has 2 aliphatic carbocycles. The minimum absolute atomic E-state index is 0. The molecule has 0 spiro atoms. The zero-order valence-electron chi connectivity index (χ0n) is 16.6. The van der Waals surface area contributed by atoms with Crippen LogP contribution in [0.25, 0.3) is 0 Å². The van der Waals surface area contributed by atoms with Crippen molar-refractivity contribution in [2.45, 2.75) is 65.6 Å². The van der Waals surface area contributed by atoms with Gasteiger partial charge in [-0.1, -0.05) is 53.7 Å². The Morgan fingerprint density at radius 3 is 2.08 bits per heavy atom. The molecule has 0 saturated carbocycles. The number of rotatable bonds is 3. The predicted octanol–water partition coefficient (Wildman–Crippen LogP) is 0.522. The molecule has 1 atom stereocenters. The Kier molecular flexibility index (Phi) is 11.4. The molecule has 2 aliphatic rings. The van der Waals surface area contributed by atoms with Crippen LogP contribution in [-0.4, -0.2) is 11.0 Å². The van der Waals surface area contributed by atoms with Gasteiger partial charge < -0.3 is 24.8 Å². The molecular formula is C21H31Cl2STi. The van der Waals surface area contributed by atoms with Gasteiger partial charge in [-0.2, -0.15) is 17.8 Å². The van der Waals surface area contributed by atoms with Crippen LogP contribution in [-0.2, 0) is 21.7 Å². The van der Waals surface area contributed by atoms with Crippen LogP contribution in [0.2, 0.25) is 0 Å². The molecule has 0 amide bonds. The Bertz CT molecular complexity index is 559. The monoisotopic (exact) mass is 433 g/mol. The van der Waals surface area contributed by atoms with Crippen molar-refractivity contribution in [1.29, 1.82) is 0 Å². The van der Waals surface area contributed by atoms with Gasteiger partial charge in [0.2, 0.25) is 0 Å². The van der Waals surface area contributed by atoms with Crippen LogP contribution in [0.5, 0.6) is 0 Å². The smallest absolute Gasteiger partial charge is 1.00 e. The SMILES string of the molecule is CSC1(CC2=[C-]CC=C2)CC=C(C(C)(C)C)C=C1C(C)(C)C.[Cl-].[Cl-].[Ti+3]. The van der Waals surface area contributed by atoms with Crippen molar-refractivity contribution < 1.29 is 46.5 Å². The summed E-state index contributed by atoms with van der Waals surface area (Å²) in [6.45, 7) is 14.0. The van der Waals surface area contributed by atoms with Crippen molar-refractivity contribution in [1.82, 2.24) is 0 Å². The molecule has 0 N–H and O–H groups in total.